The summed E-state index contributed by atoms with van der Waals surface area (Å²) in [7, 11) is 1.21. The summed E-state index contributed by atoms with van der Waals surface area (Å²) in [5.41, 5.74) is 0.468. The molecule has 1 amide bonds. The van der Waals surface area contributed by atoms with Crippen LogP contribution in [-0.4, -0.2) is 43.1 Å². The number of rotatable bonds is 7. The number of esters is 2. The molecule has 7 heteroatoms. The number of carbonyl (C=O) groups excluding carboxylic acids is 3. The average molecular weight is 292 g/mol. The number of hydrogen-bond donors (Lipinski definition) is 1. The first-order valence-corrected chi connectivity index (χ1v) is 6.24. The van der Waals surface area contributed by atoms with Crippen LogP contribution >= 0.6 is 0 Å². The lowest BCUT2D eigenvalue weighted by Gasteiger charge is -2.05. The van der Waals surface area contributed by atoms with Crippen LogP contribution in [0.5, 0.6) is 0 Å². The van der Waals surface area contributed by atoms with Crippen molar-refractivity contribution in [3.05, 3.63) is 42.2 Å². The highest BCUT2D eigenvalue weighted by molar-refractivity contribution is 5.93. The van der Waals surface area contributed by atoms with Crippen LogP contribution in [0.4, 0.5) is 0 Å². The Labute approximate surface area is 122 Å². The van der Waals surface area contributed by atoms with Crippen molar-refractivity contribution in [3.63, 3.8) is 0 Å². The Bertz CT molecular complexity index is 513. The van der Waals surface area contributed by atoms with Gasteiger partial charge in [-0.2, -0.15) is 0 Å². The molecule has 0 spiro atoms. The van der Waals surface area contributed by atoms with Crippen molar-refractivity contribution >= 4 is 17.8 Å². The predicted molar refractivity (Wildman–Crippen MR) is 73.3 cm³/mol. The Morgan fingerprint density at radius 2 is 2.05 bits per heavy atom. The number of hydrogen-bond acceptors (Lipinski definition) is 6. The summed E-state index contributed by atoms with van der Waals surface area (Å²) >= 11 is 0. The molecule has 1 N–H and O–H groups in total. The van der Waals surface area contributed by atoms with Gasteiger partial charge in [0, 0.05) is 31.1 Å². The molecular formula is C14H16N2O5. The first kappa shape index (κ1) is 16.4. The molecule has 0 saturated carbocycles. The lowest BCUT2D eigenvalue weighted by molar-refractivity contribution is -0.139. The largest absolute Gasteiger partial charge is 0.466 e. The molecule has 0 radical (unpaired) electrons. The van der Waals surface area contributed by atoms with Crippen molar-refractivity contribution < 1.29 is 23.9 Å². The maximum atomic E-state index is 11.6. The molecule has 1 aromatic rings. The zero-order chi connectivity index (χ0) is 15.5. The Kier molecular flexibility index (Phi) is 7.20. The summed E-state index contributed by atoms with van der Waals surface area (Å²) in [6.07, 6.45) is 5.47. The normalized spacial score (nSPS) is 10.1. The standard InChI is InChI=1S/C14H16N2O5/c1-20-12(17)5-6-13(18)21-9-3-8-16-14(19)11-4-2-7-15-10-11/h2,4-7,10H,3,8-9H2,1H3,(H,16,19)/b6-5+. The van der Waals surface area contributed by atoms with Crippen LogP contribution in [-0.2, 0) is 19.1 Å². The van der Waals surface area contributed by atoms with Crippen LogP contribution in [0.1, 0.15) is 16.8 Å². The highest BCUT2D eigenvalue weighted by atomic mass is 16.5. The van der Waals surface area contributed by atoms with E-state index >= 15 is 0 Å². The van der Waals surface area contributed by atoms with Crippen molar-refractivity contribution in [2.24, 2.45) is 0 Å². The van der Waals surface area contributed by atoms with Gasteiger partial charge in [-0.05, 0) is 18.6 Å². The van der Waals surface area contributed by atoms with Gasteiger partial charge in [-0.1, -0.05) is 0 Å². The zero-order valence-corrected chi connectivity index (χ0v) is 11.6. The number of methoxy groups -OCH3 is 1. The lowest BCUT2D eigenvalue weighted by atomic mass is 10.2. The maximum Gasteiger partial charge on any atom is 0.331 e. The number of nitrogens with zero attached hydrogens (tertiary/aromatic N) is 1. The number of aromatic nitrogens is 1. The third-order valence-corrected chi connectivity index (χ3v) is 2.33. The van der Waals surface area contributed by atoms with Gasteiger partial charge >= 0.3 is 11.9 Å². The molecule has 0 atom stereocenters. The molecule has 0 aliphatic heterocycles. The fraction of sp³-hybridized carbons (Fsp3) is 0.286. The molecule has 0 bridgehead atoms. The van der Waals surface area contributed by atoms with E-state index in [0.29, 0.717) is 18.5 Å². The van der Waals surface area contributed by atoms with E-state index in [0.717, 1.165) is 12.2 Å². The van der Waals surface area contributed by atoms with Crippen molar-refractivity contribution in [1.82, 2.24) is 10.3 Å². The molecule has 1 aromatic heterocycles. The quantitative estimate of drug-likeness (QED) is 0.446. The number of nitrogens with one attached hydrogen (secondary N) is 1. The van der Waals surface area contributed by atoms with Crippen LogP contribution in [0.3, 0.4) is 0 Å². The first-order chi connectivity index (χ1) is 10.1. The molecule has 0 fully saturated rings. The van der Waals surface area contributed by atoms with Crippen LogP contribution in [0.25, 0.3) is 0 Å². The van der Waals surface area contributed by atoms with Gasteiger partial charge < -0.3 is 14.8 Å². The molecular weight excluding hydrogens is 276 g/mol. The van der Waals surface area contributed by atoms with Crippen molar-refractivity contribution in [2.75, 3.05) is 20.3 Å². The topological polar surface area (TPSA) is 94.6 Å². The molecule has 1 heterocycles. The van der Waals surface area contributed by atoms with E-state index in [1.165, 1.54) is 13.3 Å². The van der Waals surface area contributed by atoms with E-state index in [1.54, 1.807) is 18.3 Å². The van der Waals surface area contributed by atoms with Crippen molar-refractivity contribution in [2.45, 2.75) is 6.42 Å². The van der Waals surface area contributed by atoms with Crippen LogP contribution < -0.4 is 5.32 Å². The molecule has 0 unspecified atom stereocenters. The van der Waals surface area contributed by atoms with Crippen molar-refractivity contribution in [3.8, 4) is 0 Å². The predicted octanol–water partition coefficient (Wildman–Crippen LogP) is 0.474. The van der Waals surface area contributed by atoms with Gasteiger partial charge in [0.05, 0.1) is 19.3 Å². The van der Waals surface area contributed by atoms with E-state index in [9.17, 15) is 14.4 Å². The van der Waals surface area contributed by atoms with Gasteiger partial charge in [0.25, 0.3) is 5.91 Å². The van der Waals surface area contributed by atoms with Gasteiger partial charge in [0.1, 0.15) is 0 Å². The molecule has 21 heavy (non-hydrogen) atoms. The van der Waals surface area contributed by atoms with Gasteiger partial charge in [0.15, 0.2) is 0 Å². The first-order valence-electron chi connectivity index (χ1n) is 6.24. The summed E-state index contributed by atoms with van der Waals surface area (Å²) in [5, 5.41) is 2.67. The van der Waals surface area contributed by atoms with Crippen molar-refractivity contribution in [1.29, 1.82) is 0 Å². The van der Waals surface area contributed by atoms with E-state index in [2.05, 4.69) is 15.0 Å². The number of carbonyl (C=O) groups is 3. The molecule has 112 valence electrons. The Balaban J connectivity index is 2.15. The minimum absolute atomic E-state index is 0.137. The molecule has 0 aromatic carbocycles. The Hall–Kier alpha value is -2.70. The summed E-state index contributed by atoms with van der Waals surface area (Å²) < 4.78 is 9.15. The minimum atomic E-state index is -0.640. The van der Waals surface area contributed by atoms with E-state index in [-0.39, 0.29) is 12.5 Å². The van der Waals surface area contributed by atoms with Gasteiger partial charge in [-0.15, -0.1) is 0 Å². The summed E-state index contributed by atoms with van der Waals surface area (Å²) in [6.45, 7) is 0.499. The van der Waals surface area contributed by atoms with Crippen LogP contribution in [0.15, 0.2) is 36.7 Å². The summed E-state index contributed by atoms with van der Waals surface area (Å²) in [5.74, 6) is -1.50. The highest BCUT2D eigenvalue weighted by Gasteiger charge is 2.04. The zero-order valence-electron chi connectivity index (χ0n) is 11.6. The van der Waals surface area contributed by atoms with Gasteiger partial charge in [-0.3, -0.25) is 9.78 Å². The molecule has 1 rings (SSSR count). The van der Waals surface area contributed by atoms with E-state index < -0.39 is 11.9 Å². The molecule has 7 nitrogen and oxygen atoms in total. The average Bonchev–Trinajstić information content (AvgIpc) is 2.52. The summed E-state index contributed by atoms with van der Waals surface area (Å²) in [6, 6.07) is 3.32. The highest BCUT2D eigenvalue weighted by Crippen LogP contribution is 1.95. The lowest BCUT2D eigenvalue weighted by Crippen LogP contribution is -2.25. The SMILES string of the molecule is COC(=O)/C=C/C(=O)OCCCNC(=O)c1cccnc1. The van der Waals surface area contributed by atoms with E-state index in [4.69, 9.17) is 4.74 Å². The monoisotopic (exact) mass is 292 g/mol. The smallest absolute Gasteiger partial charge is 0.331 e. The minimum Gasteiger partial charge on any atom is -0.466 e. The number of pyridine rings is 1. The van der Waals surface area contributed by atoms with Crippen LogP contribution in [0.2, 0.25) is 0 Å². The maximum absolute atomic E-state index is 11.6. The fourth-order valence-corrected chi connectivity index (χ4v) is 1.30. The fourth-order valence-electron chi connectivity index (χ4n) is 1.30. The second-order valence-corrected chi connectivity index (χ2v) is 3.88. The van der Waals surface area contributed by atoms with Gasteiger partial charge in [0.2, 0.25) is 0 Å². The molecule has 0 saturated heterocycles. The molecule has 0 aliphatic carbocycles. The van der Waals surface area contributed by atoms with Gasteiger partial charge in [-0.25, -0.2) is 9.59 Å². The second-order valence-electron chi connectivity index (χ2n) is 3.88. The third-order valence-electron chi connectivity index (χ3n) is 2.33. The second kappa shape index (κ2) is 9.24. The number of ether oxygens (including phenoxy) is 2. The van der Waals surface area contributed by atoms with E-state index in [1.807, 2.05) is 0 Å². The Morgan fingerprint density at radius 1 is 1.29 bits per heavy atom. The Morgan fingerprint density at radius 3 is 2.71 bits per heavy atom. The number of amides is 1. The summed E-state index contributed by atoms with van der Waals surface area (Å²) in [4.78, 5) is 37.4. The van der Waals surface area contributed by atoms with Crippen LogP contribution in [0, 0.1) is 0 Å². The third kappa shape index (κ3) is 6.86. The molecule has 0 aliphatic rings.